The molecule has 1 nitrogen and oxygen atoms in total. The van der Waals surface area contributed by atoms with Crippen LogP contribution in [0, 0.1) is 16.7 Å². The van der Waals surface area contributed by atoms with Crippen LogP contribution in [-0.2, 0) is 0 Å². The normalized spacial score (nSPS) is 21.9. The largest absolute Gasteiger partial charge is 0.324 e. The summed E-state index contributed by atoms with van der Waals surface area (Å²) in [5.41, 5.74) is 8.54. The van der Waals surface area contributed by atoms with Crippen molar-refractivity contribution in [3.8, 4) is 0 Å². The van der Waals surface area contributed by atoms with E-state index in [1.54, 1.807) is 0 Å². The molecule has 0 bridgehead atoms. The molecule has 2 aromatic rings. The number of rotatable bonds is 2. The van der Waals surface area contributed by atoms with Gasteiger partial charge in [-0.15, -0.1) is 0 Å². The Morgan fingerprint density at radius 2 is 1.50 bits per heavy atom. The van der Waals surface area contributed by atoms with Gasteiger partial charge in [-0.05, 0) is 39.2 Å². The van der Waals surface area contributed by atoms with Crippen LogP contribution < -0.4 is 5.73 Å². The maximum Gasteiger partial charge on any atom is 0.0340 e. The number of hydrogen-bond donors (Lipinski definition) is 1. The zero-order valence-corrected chi connectivity index (χ0v) is 14.2. The van der Waals surface area contributed by atoms with E-state index in [1.165, 1.54) is 16.3 Å². The molecule has 0 saturated heterocycles. The van der Waals surface area contributed by atoms with E-state index in [9.17, 15) is 0 Å². The molecule has 0 heterocycles. The minimum absolute atomic E-state index is 0.0954. The molecular weight excluding hydrogens is 310 g/mol. The van der Waals surface area contributed by atoms with Crippen molar-refractivity contribution in [1.82, 2.24) is 0 Å². The van der Waals surface area contributed by atoms with Crippen molar-refractivity contribution in [3.63, 3.8) is 0 Å². The third-order valence-electron chi connectivity index (χ3n) is 5.76. The molecule has 1 aliphatic carbocycles. The second-order valence-electron chi connectivity index (χ2n) is 7.13. The first kappa shape index (κ1) is 14.1. The van der Waals surface area contributed by atoms with Gasteiger partial charge in [-0.1, -0.05) is 74.0 Å². The topological polar surface area (TPSA) is 26.0 Å². The summed E-state index contributed by atoms with van der Waals surface area (Å²) in [4.78, 5) is 0. The monoisotopic (exact) mass is 331 g/mol. The zero-order chi connectivity index (χ0) is 14.7. The average Bonchev–Trinajstić information content (AvgIpc) is 2.80. The van der Waals surface area contributed by atoms with Crippen LogP contribution in [0.2, 0.25) is 0 Å². The summed E-state index contributed by atoms with van der Waals surface area (Å²) >= 11 is 3.64. The molecule has 1 atom stereocenters. The van der Waals surface area contributed by atoms with Crippen molar-refractivity contribution in [2.24, 2.45) is 22.5 Å². The second kappa shape index (κ2) is 4.32. The zero-order valence-electron chi connectivity index (χ0n) is 12.6. The third kappa shape index (κ3) is 1.78. The van der Waals surface area contributed by atoms with Gasteiger partial charge in [0.15, 0.2) is 0 Å². The van der Waals surface area contributed by atoms with E-state index in [2.05, 4.69) is 80.0 Å². The molecule has 0 spiro atoms. The van der Waals surface area contributed by atoms with E-state index < -0.39 is 0 Å². The maximum atomic E-state index is 6.65. The van der Waals surface area contributed by atoms with Crippen molar-refractivity contribution >= 4 is 26.7 Å². The lowest BCUT2D eigenvalue weighted by Gasteiger charge is -2.17. The van der Waals surface area contributed by atoms with Crippen LogP contribution in [-0.4, -0.2) is 0 Å². The van der Waals surface area contributed by atoms with Gasteiger partial charge in [0, 0.05) is 10.5 Å². The molecule has 3 rings (SSSR count). The van der Waals surface area contributed by atoms with Gasteiger partial charge in [-0.25, -0.2) is 0 Å². The van der Waals surface area contributed by atoms with Crippen molar-refractivity contribution in [2.45, 2.75) is 33.7 Å². The third-order valence-corrected chi connectivity index (χ3v) is 6.45. The number of benzene rings is 2. The fraction of sp³-hybridized carbons (Fsp3) is 0.444. The first-order valence-corrected chi connectivity index (χ1v) is 8.00. The first-order chi connectivity index (χ1) is 9.28. The van der Waals surface area contributed by atoms with Crippen molar-refractivity contribution in [2.75, 3.05) is 0 Å². The fourth-order valence-corrected chi connectivity index (χ4v) is 4.38. The SMILES string of the molecule is CC1(C)C(C(N)c2ccc(Br)c3ccccc23)C1(C)C. The molecule has 1 aliphatic rings. The van der Waals surface area contributed by atoms with Crippen LogP contribution >= 0.6 is 15.9 Å². The minimum atomic E-state index is 0.0954. The van der Waals surface area contributed by atoms with Crippen molar-refractivity contribution in [1.29, 1.82) is 0 Å². The van der Waals surface area contributed by atoms with Crippen molar-refractivity contribution in [3.05, 3.63) is 46.4 Å². The quantitative estimate of drug-likeness (QED) is 0.795. The molecule has 2 N–H and O–H groups in total. The van der Waals surface area contributed by atoms with Crippen LogP contribution in [0.25, 0.3) is 10.8 Å². The standard InChI is InChI=1S/C18H22BrN/c1-17(2)16(18(17,3)4)15(20)13-9-10-14(19)12-8-6-5-7-11(12)13/h5-10,15-16H,20H2,1-4H3. The molecule has 2 heteroatoms. The molecule has 2 aromatic carbocycles. The van der Waals surface area contributed by atoms with Gasteiger partial charge in [0.1, 0.15) is 0 Å². The molecule has 0 aromatic heterocycles. The van der Waals surface area contributed by atoms with Gasteiger partial charge in [0.2, 0.25) is 0 Å². The van der Waals surface area contributed by atoms with Gasteiger partial charge in [0.05, 0.1) is 0 Å². The van der Waals surface area contributed by atoms with Gasteiger partial charge >= 0.3 is 0 Å². The van der Waals surface area contributed by atoms with Crippen molar-refractivity contribution < 1.29 is 0 Å². The van der Waals surface area contributed by atoms with Gasteiger partial charge in [-0.2, -0.15) is 0 Å². The van der Waals surface area contributed by atoms with Gasteiger partial charge in [-0.3, -0.25) is 0 Å². The lowest BCUT2D eigenvalue weighted by atomic mass is 9.93. The van der Waals surface area contributed by atoms with Crippen LogP contribution in [0.15, 0.2) is 40.9 Å². The second-order valence-corrected chi connectivity index (χ2v) is 7.98. The number of hydrogen-bond acceptors (Lipinski definition) is 1. The van der Waals surface area contributed by atoms with Crippen LogP contribution in [0.4, 0.5) is 0 Å². The van der Waals surface area contributed by atoms with E-state index in [1.807, 2.05) is 0 Å². The van der Waals surface area contributed by atoms with E-state index in [-0.39, 0.29) is 6.04 Å². The smallest absolute Gasteiger partial charge is 0.0340 e. The molecule has 1 unspecified atom stereocenters. The van der Waals surface area contributed by atoms with E-state index in [0.29, 0.717) is 16.7 Å². The maximum absolute atomic E-state index is 6.65. The van der Waals surface area contributed by atoms with Gasteiger partial charge < -0.3 is 5.73 Å². The Labute approximate surface area is 129 Å². The summed E-state index contributed by atoms with van der Waals surface area (Å²) in [5.74, 6) is 0.527. The minimum Gasteiger partial charge on any atom is -0.324 e. The molecule has 1 fully saturated rings. The highest BCUT2D eigenvalue weighted by Crippen LogP contribution is 2.72. The first-order valence-electron chi connectivity index (χ1n) is 7.21. The summed E-state index contributed by atoms with van der Waals surface area (Å²) in [6.45, 7) is 9.33. The Bertz CT molecular complexity index is 658. The summed E-state index contributed by atoms with van der Waals surface area (Å²) in [7, 11) is 0. The fourth-order valence-electron chi connectivity index (χ4n) is 3.90. The summed E-state index contributed by atoms with van der Waals surface area (Å²) < 4.78 is 1.14. The van der Waals surface area contributed by atoms with Crippen LogP contribution in [0.5, 0.6) is 0 Å². The number of nitrogens with two attached hydrogens (primary N) is 1. The number of fused-ring (bicyclic) bond motifs is 1. The Hall–Kier alpha value is -0.860. The van der Waals surface area contributed by atoms with E-state index in [0.717, 1.165) is 4.47 Å². The molecule has 0 aliphatic heterocycles. The summed E-state index contributed by atoms with van der Waals surface area (Å²) in [6.07, 6.45) is 0. The molecule has 20 heavy (non-hydrogen) atoms. The Balaban J connectivity index is 2.11. The lowest BCUT2D eigenvalue weighted by molar-refractivity contribution is 0.457. The Kier molecular flexibility index (Phi) is 3.04. The highest BCUT2D eigenvalue weighted by atomic mass is 79.9. The summed E-state index contributed by atoms with van der Waals surface area (Å²) in [6, 6.07) is 12.9. The highest BCUT2D eigenvalue weighted by Gasteiger charge is 2.66. The number of halogens is 1. The van der Waals surface area contributed by atoms with E-state index >= 15 is 0 Å². The lowest BCUT2D eigenvalue weighted by Crippen LogP contribution is -2.17. The Morgan fingerprint density at radius 3 is 2.05 bits per heavy atom. The highest BCUT2D eigenvalue weighted by molar-refractivity contribution is 9.10. The molecule has 0 amide bonds. The van der Waals surface area contributed by atoms with Crippen LogP contribution in [0.1, 0.15) is 39.3 Å². The van der Waals surface area contributed by atoms with Gasteiger partial charge in [0.25, 0.3) is 0 Å². The molecule has 106 valence electrons. The molecular formula is C18H22BrN. The Morgan fingerprint density at radius 1 is 0.950 bits per heavy atom. The predicted octanol–water partition coefficient (Wildman–Crippen LogP) is 5.28. The summed E-state index contributed by atoms with van der Waals surface area (Å²) in [5, 5.41) is 2.52. The van der Waals surface area contributed by atoms with E-state index in [4.69, 9.17) is 5.73 Å². The molecule has 0 radical (unpaired) electrons. The average molecular weight is 332 g/mol. The van der Waals surface area contributed by atoms with Crippen LogP contribution in [0.3, 0.4) is 0 Å². The molecule has 1 saturated carbocycles. The predicted molar refractivity (Wildman–Crippen MR) is 89.6 cm³/mol.